The Kier molecular flexibility index (Phi) is 2.84. The van der Waals surface area contributed by atoms with Gasteiger partial charge >= 0.3 is 0 Å². The zero-order valence-electron chi connectivity index (χ0n) is 9.37. The Morgan fingerprint density at radius 3 is 2.17 bits per heavy atom. The summed E-state index contributed by atoms with van der Waals surface area (Å²) in [6.45, 7) is 0. The summed E-state index contributed by atoms with van der Waals surface area (Å²) in [7, 11) is -3.79. The summed E-state index contributed by atoms with van der Waals surface area (Å²) >= 11 is 0. The van der Waals surface area contributed by atoms with Crippen molar-refractivity contribution in [3.05, 3.63) is 36.4 Å². The number of aromatic nitrogens is 1. The number of nitrogens with two attached hydrogens (primary N) is 3. The number of sulfone groups is 1. The minimum absolute atomic E-state index is 0.0103. The quantitative estimate of drug-likeness (QED) is 0.731. The molecule has 2 aromatic rings. The topological polar surface area (TPSA) is 125 Å². The van der Waals surface area contributed by atoms with Gasteiger partial charge in [0.2, 0.25) is 9.84 Å². The normalized spacial score (nSPS) is 11.3. The molecule has 1 aromatic heterocycles. The predicted octanol–water partition coefficient (Wildman–Crippen LogP) is 0.661. The molecule has 0 radical (unpaired) electrons. The molecule has 2 rings (SSSR count). The van der Waals surface area contributed by atoms with Crippen LogP contribution in [0.25, 0.3) is 0 Å². The number of hydrogen-bond acceptors (Lipinski definition) is 6. The van der Waals surface area contributed by atoms with E-state index in [4.69, 9.17) is 17.2 Å². The van der Waals surface area contributed by atoms with Crippen LogP contribution in [-0.4, -0.2) is 13.4 Å². The van der Waals surface area contributed by atoms with Crippen molar-refractivity contribution in [1.82, 2.24) is 4.98 Å². The number of anilines is 3. The van der Waals surface area contributed by atoms with Gasteiger partial charge in [-0.05, 0) is 12.1 Å². The molecule has 7 heteroatoms. The fourth-order valence-electron chi connectivity index (χ4n) is 1.61. The van der Waals surface area contributed by atoms with Crippen LogP contribution in [0.1, 0.15) is 0 Å². The molecule has 0 unspecified atom stereocenters. The first-order valence-electron chi connectivity index (χ1n) is 5.04. The Labute approximate surface area is 104 Å². The van der Waals surface area contributed by atoms with Gasteiger partial charge in [0.25, 0.3) is 0 Å². The number of rotatable bonds is 2. The van der Waals surface area contributed by atoms with E-state index in [2.05, 4.69) is 4.98 Å². The van der Waals surface area contributed by atoms with Gasteiger partial charge in [-0.1, -0.05) is 18.2 Å². The zero-order valence-corrected chi connectivity index (χ0v) is 10.2. The standard InChI is InChI=1S/C11H12N4O2S/c12-8-6-9(13)15-11(14)10(8)18(16,17)7-4-2-1-3-5-7/h1-6H,(H6,12,13,14,15). The van der Waals surface area contributed by atoms with Gasteiger partial charge < -0.3 is 17.2 Å². The van der Waals surface area contributed by atoms with Gasteiger partial charge in [-0.2, -0.15) is 0 Å². The molecule has 6 N–H and O–H groups in total. The SMILES string of the molecule is Nc1cc(N)c(S(=O)(=O)c2ccccc2)c(N)n1. The van der Waals surface area contributed by atoms with Crippen LogP contribution >= 0.6 is 0 Å². The Bertz CT molecular complexity index is 660. The van der Waals surface area contributed by atoms with E-state index in [0.717, 1.165) is 0 Å². The fraction of sp³-hybridized carbons (Fsp3) is 0. The van der Waals surface area contributed by atoms with Crippen LogP contribution in [0.2, 0.25) is 0 Å². The highest BCUT2D eigenvalue weighted by molar-refractivity contribution is 7.91. The van der Waals surface area contributed by atoms with Crippen LogP contribution in [0.5, 0.6) is 0 Å². The van der Waals surface area contributed by atoms with E-state index in [1.807, 2.05) is 0 Å². The lowest BCUT2D eigenvalue weighted by atomic mass is 10.4. The summed E-state index contributed by atoms with van der Waals surface area (Å²) in [6.07, 6.45) is 0. The first kappa shape index (κ1) is 12.2. The van der Waals surface area contributed by atoms with E-state index in [1.54, 1.807) is 18.2 Å². The van der Waals surface area contributed by atoms with E-state index < -0.39 is 9.84 Å². The predicted molar refractivity (Wildman–Crippen MR) is 69.4 cm³/mol. The maximum atomic E-state index is 12.3. The van der Waals surface area contributed by atoms with Gasteiger partial charge in [0.15, 0.2) is 0 Å². The van der Waals surface area contributed by atoms with Crippen LogP contribution in [0, 0.1) is 0 Å². The van der Waals surface area contributed by atoms with Gasteiger partial charge in [-0.15, -0.1) is 0 Å². The van der Waals surface area contributed by atoms with Crippen LogP contribution in [0.15, 0.2) is 46.2 Å². The highest BCUT2D eigenvalue weighted by atomic mass is 32.2. The fourth-order valence-corrected chi connectivity index (χ4v) is 3.05. The molecular formula is C11H12N4O2S. The summed E-state index contributed by atoms with van der Waals surface area (Å²) in [6, 6.07) is 9.14. The van der Waals surface area contributed by atoms with E-state index in [0.29, 0.717) is 0 Å². The maximum Gasteiger partial charge on any atom is 0.212 e. The van der Waals surface area contributed by atoms with E-state index in [9.17, 15) is 8.42 Å². The van der Waals surface area contributed by atoms with Crippen molar-refractivity contribution in [3.63, 3.8) is 0 Å². The highest BCUT2D eigenvalue weighted by Crippen LogP contribution is 2.30. The van der Waals surface area contributed by atoms with Crippen LogP contribution in [0.3, 0.4) is 0 Å². The van der Waals surface area contributed by atoms with Crippen molar-refractivity contribution < 1.29 is 8.42 Å². The van der Waals surface area contributed by atoms with E-state index in [-0.39, 0.29) is 27.1 Å². The van der Waals surface area contributed by atoms with Gasteiger partial charge in [-0.25, -0.2) is 13.4 Å². The van der Waals surface area contributed by atoms with Crippen molar-refractivity contribution in [3.8, 4) is 0 Å². The molecule has 6 nitrogen and oxygen atoms in total. The molecule has 18 heavy (non-hydrogen) atoms. The molecule has 0 aliphatic carbocycles. The molecule has 0 aliphatic rings. The lowest BCUT2D eigenvalue weighted by molar-refractivity contribution is 0.596. The van der Waals surface area contributed by atoms with Crippen molar-refractivity contribution in [2.45, 2.75) is 9.79 Å². The monoisotopic (exact) mass is 264 g/mol. The summed E-state index contributed by atoms with van der Waals surface area (Å²) < 4.78 is 24.7. The molecule has 1 aromatic carbocycles. The lowest BCUT2D eigenvalue weighted by Gasteiger charge is -2.10. The summed E-state index contributed by atoms with van der Waals surface area (Å²) in [5.74, 6) is -0.117. The summed E-state index contributed by atoms with van der Waals surface area (Å²) in [4.78, 5) is 3.62. The molecule has 0 spiro atoms. The number of hydrogen-bond donors (Lipinski definition) is 3. The minimum atomic E-state index is -3.79. The molecule has 0 atom stereocenters. The average molecular weight is 264 g/mol. The lowest BCUT2D eigenvalue weighted by Crippen LogP contribution is -2.11. The van der Waals surface area contributed by atoms with Gasteiger partial charge in [-0.3, -0.25) is 0 Å². The number of nitrogens with zero attached hydrogens (tertiary/aromatic N) is 1. The van der Waals surface area contributed by atoms with Crippen molar-refractivity contribution in [2.75, 3.05) is 17.2 Å². The van der Waals surface area contributed by atoms with Crippen LogP contribution in [0.4, 0.5) is 17.3 Å². The molecule has 1 heterocycles. The van der Waals surface area contributed by atoms with Gasteiger partial charge in [0.1, 0.15) is 16.5 Å². The Morgan fingerprint density at radius 2 is 1.61 bits per heavy atom. The average Bonchev–Trinajstić information content (AvgIpc) is 2.28. The van der Waals surface area contributed by atoms with Gasteiger partial charge in [0.05, 0.1) is 10.6 Å². The Balaban J connectivity index is 2.70. The third-order valence-electron chi connectivity index (χ3n) is 2.37. The Hall–Kier alpha value is -2.28. The largest absolute Gasteiger partial charge is 0.397 e. The second kappa shape index (κ2) is 4.19. The first-order chi connectivity index (χ1) is 8.43. The van der Waals surface area contributed by atoms with Crippen molar-refractivity contribution in [1.29, 1.82) is 0 Å². The molecule has 0 bridgehead atoms. The molecule has 0 saturated heterocycles. The summed E-state index contributed by atoms with van der Waals surface area (Å²) in [5, 5.41) is 0. The molecule has 94 valence electrons. The third-order valence-corrected chi connectivity index (χ3v) is 4.25. The molecule has 0 saturated carbocycles. The second-order valence-corrected chi connectivity index (χ2v) is 5.55. The van der Waals surface area contributed by atoms with Crippen molar-refractivity contribution in [2.24, 2.45) is 0 Å². The smallest absolute Gasteiger partial charge is 0.212 e. The Morgan fingerprint density at radius 1 is 1.00 bits per heavy atom. The number of nitrogen functional groups attached to an aromatic ring is 3. The van der Waals surface area contributed by atoms with E-state index in [1.165, 1.54) is 18.2 Å². The number of pyridine rings is 1. The molecule has 0 aliphatic heterocycles. The van der Waals surface area contributed by atoms with E-state index >= 15 is 0 Å². The molecule has 0 fully saturated rings. The van der Waals surface area contributed by atoms with Crippen molar-refractivity contribution >= 4 is 27.2 Å². The minimum Gasteiger partial charge on any atom is -0.397 e. The second-order valence-electron chi connectivity index (χ2n) is 3.67. The number of benzene rings is 1. The third kappa shape index (κ3) is 1.95. The van der Waals surface area contributed by atoms with Crippen LogP contribution in [-0.2, 0) is 9.84 Å². The van der Waals surface area contributed by atoms with Crippen LogP contribution < -0.4 is 17.2 Å². The molecule has 0 amide bonds. The zero-order chi connectivity index (χ0) is 13.3. The first-order valence-corrected chi connectivity index (χ1v) is 6.53. The molecular weight excluding hydrogens is 252 g/mol. The highest BCUT2D eigenvalue weighted by Gasteiger charge is 2.24. The summed E-state index contributed by atoms with van der Waals surface area (Å²) in [5.41, 5.74) is 16.7. The van der Waals surface area contributed by atoms with Gasteiger partial charge in [0, 0.05) is 6.07 Å². The maximum absolute atomic E-state index is 12.3.